The summed E-state index contributed by atoms with van der Waals surface area (Å²) < 4.78 is 10.6. The zero-order chi connectivity index (χ0) is 19.5. The number of hydrogen-bond donors (Lipinski definition) is 1. The Labute approximate surface area is 186 Å². The van der Waals surface area contributed by atoms with Crippen LogP contribution < -0.4 is 5.32 Å². The summed E-state index contributed by atoms with van der Waals surface area (Å²) >= 11 is 0. The molecule has 2 unspecified atom stereocenters. The number of likely N-dealkylation sites (tertiary alicyclic amines) is 1. The molecule has 6 nitrogen and oxygen atoms in total. The van der Waals surface area contributed by atoms with Crippen LogP contribution in [0.25, 0.3) is 0 Å². The van der Waals surface area contributed by atoms with Crippen LogP contribution in [0.1, 0.15) is 25.8 Å². The molecule has 0 amide bonds. The van der Waals surface area contributed by atoms with Gasteiger partial charge in [0.2, 0.25) is 0 Å². The van der Waals surface area contributed by atoms with Crippen molar-refractivity contribution in [1.82, 2.24) is 10.2 Å². The Balaban J connectivity index is 0.00000392. The Morgan fingerprint density at radius 2 is 2.00 bits per heavy atom. The van der Waals surface area contributed by atoms with E-state index in [1.54, 1.807) is 0 Å². The van der Waals surface area contributed by atoms with Crippen LogP contribution in [0.2, 0.25) is 0 Å². The molecule has 1 heterocycles. The van der Waals surface area contributed by atoms with Crippen LogP contribution in [0.3, 0.4) is 0 Å². The van der Waals surface area contributed by atoms with Crippen molar-refractivity contribution < 1.29 is 14.3 Å². The number of carbonyl (C=O) groups is 1. The predicted octanol–water partition coefficient (Wildman–Crippen LogP) is 2.96. The maximum Gasteiger partial charge on any atom is 0.310 e. The van der Waals surface area contributed by atoms with Gasteiger partial charge in [-0.25, -0.2) is 0 Å². The molecule has 0 aliphatic carbocycles. The molecule has 1 aliphatic heterocycles. The summed E-state index contributed by atoms with van der Waals surface area (Å²) in [5, 5.41) is 3.33. The number of nitrogens with one attached hydrogen (secondary N) is 1. The van der Waals surface area contributed by atoms with Crippen LogP contribution in [-0.4, -0.2) is 63.3 Å². The van der Waals surface area contributed by atoms with E-state index in [0.717, 1.165) is 38.5 Å². The van der Waals surface area contributed by atoms with Gasteiger partial charge in [-0.2, -0.15) is 0 Å². The van der Waals surface area contributed by atoms with Crippen LogP contribution in [0.4, 0.5) is 0 Å². The molecule has 2 atom stereocenters. The quantitative estimate of drug-likeness (QED) is 0.185. The van der Waals surface area contributed by atoms with Gasteiger partial charge in [0.15, 0.2) is 5.96 Å². The molecular formula is C21H34IN3O3. The van der Waals surface area contributed by atoms with Crippen molar-refractivity contribution in [2.45, 2.75) is 26.7 Å². The highest BCUT2D eigenvalue weighted by atomic mass is 127. The van der Waals surface area contributed by atoms with Crippen LogP contribution in [0.15, 0.2) is 35.3 Å². The number of esters is 1. The molecule has 0 radical (unpaired) electrons. The van der Waals surface area contributed by atoms with Crippen molar-refractivity contribution in [1.29, 1.82) is 0 Å². The molecule has 0 bridgehead atoms. The average Bonchev–Trinajstić information content (AvgIpc) is 3.08. The third kappa shape index (κ3) is 7.95. The van der Waals surface area contributed by atoms with Crippen molar-refractivity contribution >= 4 is 35.9 Å². The van der Waals surface area contributed by atoms with E-state index in [1.165, 1.54) is 12.7 Å². The van der Waals surface area contributed by atoms with E-state index in [2.05, 4.69) is 48.3 Å². The standard InChI is InChI=1S/C21H33N3O3.HI/c1-4-22-21(24-15-17(2)19(16-24)20(25)26-3)23-12-8-13-27-14-11-18-9-6-5-7-10-18;/h5-7,9-10,17,19H,4,8,11-16H2,1-3H3,(H,22,23);1H. The smallest absolute Gasteiger partial charge is 0.310 e. The summed E-state index contributed by atoms with van der Waals surface area (Å²) in [6, 6.07) is 10.4. The van der Waals surface area contributed by atoms with Gasteiger partial charge in [-0.3, -0.25) is 9.79 Å². The lowest BCUT2D eigenvalue weighted by Gasteiger charge is -2.21. The summed E-state index contributed by atoms with van der Waals surface area (Å²) in [6.07, 6.45) is 1.82. The van der Waals surface area contributed by atoms with Gasteiger partial charge in [0, 0.05) is 32.8 Å². The molecule has 0 saturated carbocycles. The number of aliphatic imine (C=N–C) groups is 1. The second-order valence-corrected chi connectivity index (χ2v) is 6.95. The number of benzene rings is 1. The maximum atomic E-state index is 11.9. The monoisotopic (exact) mass is 503 g/mol. The first-order valence-corrected chi connectivity index (χ1v) is 9.88. The minimum absolute atomic E-state index is 0. The Kier molecular flexibility index (Phi) is 12.1. The van der Waals surface area contributed by atoms with E-state index in [9.17, 15) is 4.79 Å². The van der Waals surface area contributed by atoms with E-state index in [0.29, 0.717) is 19.7 Å². The molecule has 2 rings (SSSR count). The molecular weight excluding hydrogens is 469 g/mol. The number of nitrogens with zero attached hydrogens (tertiary/aromatic N) is 2. The van der Waals surface area contributed by atoms with Gasteiger partial charge >= 0.3 is 5.97 Å². The highest BCUT2D eigenvalue weighted by molar-refractivity contribution is 14.0. The summed E-state index contributed by atoms with van der Waals surface area (Å²) in [5.41, 5.74) is 1.30. The molecule has 1 aromatic rings. The molecule has 1 aromatic carbocycles. The minimum atomic E-state index is -0.132. The third-order valence-corrected chi connectivity index (χ3v) is 4.84. The van der Waals surface area contributed by atoms with Crippen molar-refractivity contribution in [2.24, 2.45) is 16.8 Å². The second kappa shape index (κ2) is 13.8. The third-order valence-electron chi connectivity index (χ3n) is 4.84. The number of guanidine groups is 1. The van der Waals surface area contributed by atoms with Crippen molar-refractivity contribution in [3.8, 4) is 0 Å². The van der Waals surface area contributed by atoms with Gasteiger partial charge < -0.3 is 19.7 Å². The maximum absolute atomic E-state index is 11.9. The first kappa shape index (κ1) is 24.7. The second-order valence-electron chi connectivity index (χ2n) is 6.95. The number of rotatable bonds is 9. The van der Waals surface area contributed by atoms with Crippen molar-refractivity contribution in [2.75, 3.05) is 46.5 Å². The number of carbonyl (C=O) groups excluding carboxylic acids is 1. The van der Waals surface area contributed by atoms with Gasteiger partial charge in [-0.1, -0.05) is 37.3 Å². The summed E-state index contributed by atoms with van der Waals surface area (Å²) in [4.78, 5) is 18.8. The normalized spacial score (nSPS) is 19.2. The van der Waals surface area contributed by atoms with Gasteiger partial charge in [0.05, 0.1) is 19.6 Å². The molecule has 0 aromatic heterocycles. The lowest BCUT2D eigenvalue weighted by Crippen LogP contribution is -2.40. The minimum Gasteiger partial charge on any atom is -0.469 e. The summed E-state index contributed by atoms with van der Waals surface area (Å²) in [6.45, 7) is 8.58. The topological polar surface area (TPSA) is 63.2 Å². The SMILES string of the molecule is CCNC(=NCCCOCCc1ccccc1)N1CC(C)C(C(=O)OC)C1.I. The molecule has 158 valence electrons. The first-order valence-electron chi connectivity index (χ1n) is 9.88. The molecule has 28 heavy (non-hydrogen) atoms. The Morgan fingerprint density at radius 1 is 1.25 bits per heavy atom. The van der Waals surface area contributed by atoms with Crippen LogP contribution in [0.5, 0.6) is 0 Å². The fourth-order valence-electron chi connectivity index (χ4n) is 3.31. The number of halogens is 1. The van der Waals surface area contributed by atoms with E-state index < -0.39 is 0 Å². The number of methoxy groups -OCH3 is 1. The lowest BCUT2D eigenvalue weighted by molar-refractivity contribution is -0.145. The highest BCUT2D eigenvalue weighted by Gasteiger charge is 2.36. The fraction of sp³-hybridized carbons (Fsp3) is 0.619. The number of hydrogen-bond acceptors (Lipinski definition) is 4. The van der Waals surface area contributed by atoms with Gasteiger partial charge in [0.25, 0.3) is 0 Å². The Hall–Kier alpha value is -1.35. The largest absolute Gasteiger partial charge is 0.469 e. The Morgan fingerprint density at radius 3 is 2.68 bits per heavy atom. The van der Waals surface area contributed by atoms with Gasteiger partial charge in [-0.15, -0.1) is 24.0 Å². The highest BCUT2D eigenvalue weighted by Crippen LogP contribution is 2.24. The molecule has 0 spiro atoms. The average molecular weight is 503 g/mol. The zero-order valence-electron chi connectivity index (χ0n) is 17.2. The van der Waals surface area contributed by atoms with E-state index in [4.69, 9.17) is 14.5 Å². The molecule has 1 saturated heterocycles. The van der Waals surface area contributed by atoms with Crippen LogP contribution >= 0.6 is 24.0 Å². The van der Waals surface area contributed by atoms with Crippen LogP contribution in [0, 0.1) is 11.8 Å². The van der Waals surface area contributed by atoms with Gasteiger partial charge in [-0.05, 0) is 31.2 Å². The first-order chi connectivity index (χ1) is 13.2. The predicted molar refractivity (Wildman–Crippen MR) is 123 cm³/mol. The Bertz CT molecular complexity index is 598. The van der Waals surface area contributed by atoms with Crippen LogP contribution in [-0.2, 0) is 20.7 Å². The summed E-state index contributed by atoms with van der Waals surface area (Å²) in [5.74, 6) is 0.926. The molecule has 7 heteroatoms. The van der Waals surface area contributed by atoms with Crippen molar-refractivity contribution in [3.05, 3.63) is 35.9 Å². The van der Waals surface area contributed by atoms with Gasteiger partial charge in [0.1, 0.15) is 0 Å². The van der Waals surface area contributed by atoms with E-state index in [-0.39, 0.29) is 41.8 Å². The van der Waals surface area contributed by atoms with E-state index in [1.807, 2.05) is 6.07 Å². The molecule has 1 aliphatic rings. The van der Waals surface area contributed by atoms with E-state index >= 15 is 0 Å². The number of ether oxygens (including phenoxy) is 2. The van der Waals surface area contributed by atoms with Crippen molar-refractivity contribution in [3.63, 3.8) is 0 Å². The molecule has 1 fully saturated rings. The fourth-order valence-corrected chi connectivity index (χ4v) is 3.31. The lowest BCUT2D eigenvalue weighted by atomic mass is 9.99. The molecule has 1 N–H and O–H groups in total. The summed E-state index contributed by atoms with van der Waals surface area (Å²) in [7, 11) is 1.45. The zero-order valence-corrected chi connectivity index (χ0v) is 19.6.